The summed E-state index contributed by atoms with van der Waals surface area (Å²) in [6, 6.07) is 4.90. The summed E-state index contributed by atoms with van der Waals surface area (Å²) in [6.45, 7) is 0.623. The lowest BCUT2D eigenvalue weighted by Crippen LogP contribution is -2.09. The number of rotatable bonds is 5. The molecule has 1 aromatic heterocycles. The van der Waals surface area contributed by atoms with Crippen LogP contribution in [0, 0.1) is 10.1 Å². The third kappa shape index (κ3) is 3.62. The van der Waals surface area contributed by atoms with E-state index in [-0.39, 0.29) is 12.4 Å². The molecule has 20 heavy (non-hydrogen) atoms. The van der Waals surface area contributed by atoms with Crippen molar-refractivity contribution in [3.63, 3.8) is 0 Å². The Labute approximate surface area is 132 Å². The Morgan fingerprint density at radius 3 is 2.80 bits per heavy atom. The number of halogens is 3. The van der Waals surface area contributed by atoms with E-state index in [2.05, 4.69) is 21.0 Å². The van der Waals surface area contributed by atoms with Crippen molar-refractivity contribution in [1.82, 2.24) is 9.78 Å². The quantitative estimate of drug-likeness (QED) is 0.581. The fourth-order valence-corrected chi connectivity index (χ4v) is 2.39. The Bertz CT molecular complexity index is 648. The smallest absolute Gasteiger partial charge is 0.404 e. The van der Waals surface area contributed by atoms with Crippen LogP contribution in [0.25, 0.3) is 0 Å². The van der Waals surface area contributed by atoms with E-state index in [1.54, 1.807) is 18.2 Å². The number of ether oxygens (including phenoxy) is 1. The third-order valence-electron chi connectivity index (χ3n) is 2.34. The lowest BCUT2D eigenvalue weighted by molar-refractivity contribution is -0.390. The highest BCUT2D eigenvalue weighted by Crippen LogP contribution is 2.27. The monoisotopic (exact) mass is 379 g/mol. The van der Waals surface area contributed by atoms with Gasteiger partial charge in [0.05, 0.1) is 22.9 Å². The molecule has 0 bridgehead atoms. The van der Waals surface area contributed by atoms with Crippen LogP contribution in [0.15, 0.2) is 28.9 Å². The predicted octanol–water partition coefficient (Wildman–Crippen LogP) is 3.94. The molecule has 0 fully saturated rings. The van der Waals surface area contributed by atoms with Gasteiger partial charge in [-0.2, -0.15) is 4.68 Å². The van der Waals surface area contributed by atoms with Crippen molar-refractivity contribution in [2.75, 3.05) is 6.61 Å². The van der Waals surface area contributed by atoms with Gasteiger partial charge in [-0.15, -0.1) is 0 Å². The molecule has 0 aliphatic rings. The van der Waals surface area contributed by atoms with Crippen molar-refractivity contribution in [3.05, 3.63) is 49.0 Å². The molecule has 0 aliphatic carbocycles. The summed E-state index contributed by atoms with van der Waals surface area (Å²) in [6.07, 6.45) is 1.52. The molecule has 2 rings (SSSR count). The Hall–Kier alpha value is -1.31. The van der Waals surface area contributed by atoms with Gasteiger partial charge in [-0.05, 0) is 39.1 Å². The summed E-state index contributed by atoms with van der Waals surface area (Å²) in [5, 5.41) is 15.4. The van der Waals surface area contributed by atoms with Gasteiger partial charge in [0, 0.05) is 5.02 Å². The zero-order valence-corrected chi connectivity index (χ0v) is 13.0. The number of nitrogens with zero attached hydrogens (tertiary/aromatic N) is 3. The molecule has 1 aromatic carbocycles. The lowest BCUT2D eigenvalue weighted by atomic mass is 10.3. The van der Waals surface area contributed by atoms with Gasteiger partial charge in [0.2, 0.25) is 0 Å². The molecule has 106 valence electrons. The first-order chi connectivity index (χ1) is 9.47. The predicted molar refractivity (Wildman–Crippen MR) is 78.5 cm³/mol. The number of aromatic nitrogens is 2. The Kier molecular flexibility index (Phi) is 4.85. The summed E-state index contributed by atoms with van der Waals surface area (Å²) in [5.74, 6) is 0.270. The zero-order chi connectivity index (χ0) is 14.7. The van der Waals surface area contributed by atoms with E-state index >= 15 is 0 Å². The molecule has 2 aromatic rings. The zero-order valence-electron chi connectivity index (χ0n) is 9.92. The topological polar surface area (TPSA) is 70.2 Å². The number of benzene rings is 1. The molecular formula is C11H8BrCl2N3O3. The van der Waals surface area contributed by atoms with Crippen LogP contribution in [0.3, 0.4) is 0 Å². The fourth-order valence-electron chi connectivity index (χ4n) is 1.47. The van der Waals surface area contributed by atoms with Crippen LogP contribution in [-0.2, 0) is 6.54 Å². The van der Waals surface area contributed by atoms with Crippen LogP contribution in [-0.4, -0.2) is 21.3 Å². The molecule has 0 saturated heterocycles. The molecular weight excluding hydrogens is 373 g/mol. The second-order valence-corrected chi connectivity index (χ2v) is 5.44. The van der Waals surface area contributed by atoms with Crippen LogP contribution in [0.4, 0.5) is 5.82 Å². The average molecular weight is 381 g/mol. The molecule has 0 aliphatic heterocycles. The van der Waals surface area contributed by atoms with Crippen LogP contribution in [0.5, 0.6) is 5.75 Å². The van der Waals surface area contributed by atoms with E-state index in [4.69, 9.17) is 27.9 Å². The van der Waals surface area contributed by atoms with Gasteiger partial charge in [-0.25, -0.2) is 0 Å². The highest BCUT2D eigenvalue weighted by atomic mass is 79.9. The highest BCUT2D eigenvalue weighted by Gasteiger charge is 2.18. The van der Waals surface area contributed by atoms with Crippen molar-refractivity contribution in [2.45, 2.75) is 6.54 Å². The summed E-state index contributed by atoms with van der Waals surface area (Å²) in [4.78, 5) is 10.1. The first kappa shape index (κ1) is 15.1. The number of hydrogen-bond acceptors (Lipinski definition) is 4. The van der Waals surface area contributed by atoms with Crippen molar-refractivity contribution in [2.24, 2.45) is 0 Å². The van der Waals surface area contributed by atoms with Crippen LogP contribution >= 0.6 is 39.1 Å². The minimum absolute atomic E-state index is 0.227. The van der Waals surface area contributed by atoms with Gasteiger partial charge in [-0.1, -0.05) is 23.2 Å². The van der Waals surface area contributed by atoms with E-state index in [0.29, 0.717) is 26.8 Å². The van der Waals surface area contributed by atoms with Crippen LogP contribution < -0.4 is 4.74 Å². The van der Waals surface area contributed by atoms with Gasteiger partial charge in [0.1, 0.15) is 16.8 Å². The summed E-state index contributed by atoms with van der Waals surface area (Å²) >= 11 is 14.8. The van der Waals surface area contributed by atoms with Gasteiger partial charge in [0.25, 0.3) is 0 Å². The minimum Gasteiger partial charge on any atom is -0.490 e. The molecule has 0 amide bonds. The maximum Gasteiger partial charge on any atom is 0.404 e. The van der Waals surface area contributed by atoms with Crippen molar-refractivity contribution < 1.29 is 9.66 Å². The largest absolute Gasteiger partial charge is 0.490 e. The molecule has 1 heterocycles. The number of hydrogen-bond donors (Lipinski definition) is 0. The molecule has 0 saturated carbocycles. The molecule has 0 atom stereocenters. The Balaban J connectivity index is 1.96. The molecule has 0 radical (unpaired) electrons. The standard InChI is InChI=1S/C11H8BrCl2N3O3/c12-8-6-16(15-11(8)17(18)19)3-4-20-10-2-1-7(13)5-9(10)14/h1-2,5-6H,3-4H2. The first-order valence-corrected chi connectivity index (χ1v) is 6.97. The summed E-state index contributed by atoms with van der Waals surface area (Å²) < 4.78 is 7.22. The van der Waals surface area contributed by atoms with Gasteiger partial charge >= 0.3 is 5.82 Å². The molecule has 0 unspecified atom stereocenters. The van der Waals surface area contributed by atoms with E-state index in [9.17, 15) is 10.1 Å². The van der Waals surface area contributed by atoms with Crippen molar-refractivity contribution in [3.8, 4) is 5.75 Å². The lowest BCUT2D eigenvalue weighted by Gasteiger charge is -2.06. The summed E-state index contributed by atoms with van der Waals surface area (Å²) in [7, 11) is 0. The Morgan fingerprint density at radius 1 is 1.45 bits per heavy atom. The second kappa shape index (κ2) is 6.43. The first-order valence-electron chi connectivity index (χ1n) is 5.42. The normalized spacial score (nSPS) is 10.6. The highest BCUT2D eigenvalue weighted by molar-refractivity contribution is 9.10. The maximum absolute atomic E-state index is 10.6. The second-order valence-electron chi connectivity index (χ2n) is 3.74. The number of nitro groups is 1. The van der Waals surface area contributed by atoms with E-state index in [0.717, 1.165) is 0 Å². The average Bonchev–Trinajstić information content (AvgIpc) is 2.73. The minimum atomic E-state index is -0.558. The van der Waals surface area contributed by atoms with Gasteiger partial charge in [0.15, 0.2) is 0 Å². The Morgan fingerprint density at radius 2 is 2.20 bits per heavy atom. The van der Waals surface area contributed by atoms with E-state index in [1.165, 1.54) is 10.9 Å². The molecule has 0 spiro atoms. The fraction of sp³-hybridized carbons (Fsp3) is 0.182. The molecule has 0 N–H and O–H groups in total. The van der Waals surface area contributed by atoms with Crippen molar-refractivity contribution >= 4 is 44.9 Å². The van der Waals surface area contributed by atoms with E-state index < -0.39 is 4.92 Å². The van der Waals surface area contributed by atoms with E-state index in [1.807, 2.05) is 0 Å². The van der Waals surface area contributed by atoms with Crippen LogP contribution in [0.1, 0.15) is 0 Å². The summed E-state index contributed by atoms with van der Waals surface area (Å²) in [5.41, 5.74) is 0. The molecule has 9 heteroatoms. The van der Waals surface area contributed by atoms with Gasteiger partial charge in [-0.3, -0.25) is 0 Å². The third-order valence-corrected chi connectivity index (χ3v) is 3.43. The maximum atomic E-state index is 10.6. The van der Waals surface area contributed by atoms with Crippen molar-refractivity contribution in [1.29, 1.82) is 0 Å². The SMILES string of the molecule is O=[N+]([O-])c1nn(CCOc2ccc(Cl)cc2Cl)cc1Br. The van der Waals surface area contributed by atoms with Gasteiger partial charge < -0.3 is 14.9 Å². The molecule has 6 nitrogen and oxygen atoms in total. The van der Waals surface area contributed by atoms with Crippen LogP contribution in [0.2, 0.25) is 10.0 Å².